The number of piperazine rings is 1. The summed E-state index contributed by atoms with van der Waals surface area (Å²) in [6, 6.07) is -2.20. The minimum absolute atomic E-state index is 0.292. The van der Waals surface area contributed by atoms with Gasteiger partial charge in [0.15, 0.2) is 0 Å². The van der Waals surface area contributed by atoms with Crippen LogP contribution in [0.2, 0.25) is 0 Å². The van der Waals surface area contributed by atoms with Crippen LogP contribution in [0.1, 0.15) is 20.8 Å². The van der Waals surface area contributed by atoms with Crippen molar-refractivity contribution in [3.8, 4) is 0 Å². The second-order valence-corrected chi connectivity index (χ2v) is 4.93. The Morgan fingerprint density at radius 3 is 2.21 bits per heavy atom. The number of nitrogens with zero attached hydrogens (tertiary/aromatic N) is 3. The summed E-state index contributed by atoms with van der Waals surface area (Å²) in [6.07, 6.45) is -4.31. The Morgan fingerprint density at radius 2 is 1.79 bits per heavy atom. The first-order valence-electron chi connectivity index (χ1n) is 6.54. The molecule has 7 heteroatoms. The summed E-state index contributed by atoms with van der Waals surface area (Å²) in [6.45, 7) is 6.41. The van der Waals surface area contributed by atoms with Crippen LogP contribution in [0.25, 0.3) is 0 Å². The van der Waals surface area contributed by atoms with Gasteiger partial charge in [-0.25, -0.2) is 4.79 Å². The lowest BCUT2D eigenvalue weighted by Gasteiger charge is -2.45. The van der Waals surface area contributed by atoms with E-state index < -0.39 is 12.2 Å². The highest BCUT2D eigenvalue weighted by atomic mass is 19.4. The summed E-state index contributed by atoms with van der Waals surface area (Å²) < 4.78 is 38.9. The molecule has 1 fully saturated rings. The van der Waals surface area contributed by atoms with Gasteiger partial charge in [0.2, 0.25) is 0 Å². The third-order valence-electron chi connectivity index (χ3n) is 3.75. The maximum absolute atomic E-state index is 13.0. The summed E-state index contributed by atoms with van der Waals surface area (Å²) in [4.78, 5) is 16.3. The van der Waals surface area contributed by atoms with Crippen molar-refractivity contribution in [3.05, 3.63) is 0 Å². The van der Waals surface area contributed by atoms with Crippen molar-refractivity contribution < 1.29 is 18.0 Å². The number of halogens is 3. The molecule has 0 aliphatic carbocycles. The molecule has 19 heavy (non-hydrogen) atoms. The lowest BCUT2D eigenvalue weighted by molar-refractivity contribution is -0.197. The fourth-order valence-electron chi connectivity index (χ4n) is 2.35. The van der Waals surface area contributed by atoms with E-state index in [4.69, 9.17) is 0 Å². The number of rotatable bonds is 2. The number of amides is 2. The van der Waals surface area contributed by atoms with Crippen molar-refractivity contribution >= 4 is 6.03 Å². The van der Waals surface area contributed by atoms with Gasteiger partial charge < -0.3 is 9.80 Å². The van der Waals surface area contributed by atoms with Gasteiger partial charge in [-0.2, -0.15) is 13.2 Å². The van der Waals surface area contributed by atoms with Gasteiger partial charge in [0.05, 0.1) is 0 Å². The van der Waals surface area contributed by atoms with Gasteiger partial charge >= 0.3 is 12.2 Å². The molecule has 1 saturated heterocycles. The van der Waals surface area contributed by atoms with Crippen molar-refractivity contribution in [1.82, 2.24) is 14.7 Å². The zero-order chi connectivity index (χ0) is 14.8. The molecular formula is C12H22F3N3O. The van der Waals surface area contributed by atoms with Gasteiger partial charge in [-0.3, -0.25) is 4.90 Å². The number of likely N-dealkylation sites (N-methyl/N-ethyl adjacent to an activating group) is 1. The van der Waals surface area contributed by atoms with E-state index in [1.165, 1.54) is 16.8 Å². The van der Waals surface area contributed by atoms with Crippen LogP contribution in [0.15, 0.2) is 0 Å². The summed E-state index contributed by atoms with van der Waals surface area (Å²) in [5, 5.41) is 0. The van der Waals surface area contributed by atoms with Crippen molar-refractivity contribution in [2.24, 2.45) is 0 Å². The molecule has 0 aromatic carbocycles. The maximum Gasteiger partial charge on any atom is 0.405 e. The van der Waals surface area contributed by atoms with Crippen LogP contribution >= 0.6 is 0 Å². The van der Waals surface area contributed by atoms with Crippen LogP contribution in [0.5, 0.6) is 0 Å². The molecule has 1 aliphatic heterocycles. The average molecular weight is 281 g/mol. The fourth-order valence-corrected chi connectivity index (χ4v) is 2.35. The number of urea groups is 1. The summed E-state index contributed by atoms with van der Waals surface area (Å²) in [5.41, 5.74) is 0. The third-order valence-corrected chi connectivity index (χ3v) is 3.75. The molecule has 0 aromatic rings. The Kier molecular flexibility index (Phi) is 5.06. The van der Waals surface area contributed by atoms with Gasteiger partial charge in [-0.1, -0.05) is 0 Å². The number of hydrogen-bond acceptors (Lipinski definition) is 2. The van der Waals surface area contributed by atoms with E-state index in [0.29, 0.717) is 19.6 Å². The first kappa shape index (κ1) is 16.1. The van der Waals surface area contributed by atoms with Crippen molar-refractivity contribution in [2.75, 3.05) is 33.2 Å². The van der Waals surface area contributed by atoms with E-state index in [-0.39, 0.29) is 18.6 Å². The smallest absolute Gasteiger partial charge is 0.325 e. The standard InChI is InChI=1S/C12H22F3N3O/c1-5-17(6-2)11(19)18-7-9(3)16(4)10(8-18)12(13,14)15/h9-10H,5-8H2,1-4H3. The molecule has 0 aromatic heterocycles. The quantitative estimate of drug-likeness (QED) is 0.774. The van der Waals surface area contributed by atoms with Crippen molar-refractivity contribution in [3.63, 3.8) is 0 Å². The zero-order valence-electron chi connectivity index (χ0n) is 11.9. The number of hydrogen-bond donors (Lipinski definition) is 0. The molecule has 4 nitrogen and oxygen atoms in total. The van der Waals surface area contributed by atoms with Crippen LogP contribution in [0, 0.1) is 0 Å². The van der Waals surface area contributed by atoms with E-state index in [1.807, 2.05) is 13.8 Å². The number of carbonyl (C=O) groups excluding carboxylic acids is 1. The summed E-state index contributed by atoms with van der Waals surface area (Å²) in [5.74, 6) is 0. The monoisotopic (exact) mass is 281 g/mol. The van der Waals surface area contributed by atoms with E-state index in [0.717, 1.165) is 0 Å². The topological polar surface area (TPSA) is 26.8 Å². The molecule has 2 atom stereocenters. The SMILES string of the molecule is CCN(CC)C(=O)N1CC(C)N(C)C(C(F)(F)F)C1. The Bertz CT molecular complexity index is 318. The molecule has 0 saturated carbocycles. The normalized spacial score (nSPS) is 25.5. The lowest BCUT2D eigenvalue weighted by Crippen LogP contribution is -2.63. The average Bonchev–Trinajstić information content (AvgIpc) is 2.32. The van der Waals surface area contributed by atoms with Gasteiger partial charge in [0, 0.05) is 32.2 Å². The second kappa shape index (κ2) is 5.98. The largest absolute Gasteiger partial charge is 0.405 e. The van der Waals surface area contributed by atoms with Crippen LogP contribution in [-0.4, -0.2) is 72.2 Å². The van der Waals surface area contributed by atoms with Gasteiger partial charge in [0.1, 0.15) is 6.04 Å². The molecule has 1 rings (SSSR count). The Balaban J connectivity index is 2.85. The van der Waals surface area contributed by atoms with E-state index >= 15 is 0 Å². The third kappa shape index (κ3) is 3.52. The van der Waals surface area contributed by atoms with E-state index in [1.54, 1.807) is 11.8 Å². The molecule has 0 spiro atoms. The van der Waals surface area contributed by atoms with Gasteiger partial charge in [-0.15, -0.1) is 0 Å². The minimum atomic E-state index is -4.31. The molecule has 2 amide bonds. The predicted molar refractivity (Wildman–Crippen MR) is 67.0 cm³/mol. The van der Waals surface area contributed by atoms with Crippen LogP contribution in [-0.2, 0) is 0 Å². The molecule has 1 aliphatic rings. The van der Waals surface area contributed by atoms with Crippen molar-refractivity contribution in [2.45, 2.75) is 39.0 Å². The number of alkyl halides is 3. The molecule has 0 bridgehead atoms. The molecule has 0 radical (unpaired) electrons. The van der Waals surface area contributed by atoms with Crippen molar-refractivity contribution in [1.29, 1.82) is 0 Å². The van der Waals surface area contributed by atoms with Crippen LogP contribution in [0.4, 0.5) is 18.0 Å². The Hall–Kier alpha value is -0.980. The molecule has 2 unspecified atom stereocenters. The highest BCUT2D eigenvalue weighted by molar-refractivity contribution is 5.74. The predicted octanol–water partition coefficient (Wildman–Crippen LogP) is 2.01. The van der Waals surface area contributed by atoms with Crippen LogP contribution in [0.3, 0.4) is 0 Å². The number of carbonyl (C=O) groups is 1. The van der Waals surface area contributed by atoms with Gasteiger partial charge in [-0.05, 0) is 27.8 Å². The fraction of sp³-hybridized carbons (Fsp3) is 0.917. The first-order chi connectivity index (χ1) is 8.72. The Morgan fingerprint density at radius 1 is 1.26 bits per heavy atom. The lowest BCUT2D eigenvalue weighted by atomic mass is 10.1. The molecule has 0 N–H and O–H groups in total. The summed E-state index contributed by atoms with van der Waals surface area (Å²) in [7, 11) is 1.46. The summed E-state index contributed by atoms with van der Waals surface area (Å²) >= 11 is 0. The van der Waals surface area contributed by atoms with E-state index in [2.05, 4.69) is 0 Å². The first-order valence-corrected chi connectivity index (χ1v) is 6.54. The molecule has 112 valence electrons. The Labute approximate surface area is 112 Å². The molecule has 1 heterocycles. The van der Waals surface area contributed by atoms with Crippen LogP contribution < -0.4 is 0 Å². The second-order valence-electron chi connectivity index (χ2n) is 4.93. The maximum atomic E-state index is 13.0. The highest BCUT2D eigenvalue weighted by Gasteiger charge is 2.48. The van der Waals surface area contributed by atoms with E-state index in [9.17, 15) is 18.0 Å². The zero-order valence-corrected chi connectivity index (χ0v) is 11.9. The molecular weight excluding hydrogens is 259 g/mol. The van der Waals surface area contributed by atoms with Gasteiger partial charge in [0.25, 0.3) is 0 Å². The minimum Gasteiger partial charge on any atom is -0.325 e. The highest BCUT2D eigenvalue weighted by Crippen LogP contribution is 2.29.